The second kappa shape index (κ2) is 4.78. The van der Waals surface area contributed by atoms with Crippen LogP contribution in [0.5, 0.6) is 0 Å². The van der Waals surface area contributed by atoms with Crippen LogP contribution in [0.3, 0.4) is 0 Å². The summed E-state index contributed by atoms with van der Waals surface area (Å²) in [7, 11) is 0. The van der Waals surface area contributed by atoms with Crippen molar-refractivity contribution in [1.82, 2.24) is 10.2 Å². The van der Waals surface area contributed by atoms with Crippen molar-refractivity contribution in [2.75, 3.05) is 0 Å². The first-order valence-electron chi connectivity index (χ1n) is 6.31. The quantitative estimate of drug-likeness (QED) is 0.759. The minimum atomic E-state index is 0.556. The third-order valence-electron chi connectivity index (χ3n) is 3.34. The molecule has 3 rings (SSSR count). The first-order chi connectivity index (χ1) is 9.29. The number of fused-ring (bicyclic) bond motifs is 1. The number of nitrogens with two attached hydrogens (primary N) is 1. The van der Waals surface area contributed by atoms with Crippen molar-refractivity contribution >= 4 is 10.8 Å². The fraction of sp³-hybridized carbons (Fsp3) is 0.125. The van der Waals surface area contributed by atoms with Crippen molar-refractivity contribution in [2.24, 2.45) is 5.73 Å². The third-order valence-corrected chi connectivity index (χ3v) is 3.34. The Kier molecular flexibility index (Phi) is 2.97. The standard InChI is InChI=1S/C16H15N3/c1-11-14-4-2-3-5-15(14)16(19-18-11)13-8-6-12(10-17)7-9-13/h2-9H,10,17H2,1H3. The summed E-state index contributed by atoms with van der Waals surface area (Å²) in [5.74, 6) is 0. The molecule has 0 aliphatic carbocycles. The highest BCUT2D eigenvalue weighted by Crippen LogP contribution is 2.27. The van der Waals surface area contributed by atoms with Gasteiger partial charge in [-0.3, -0.25) is 0 Å². The van der Waals surface area contributed by atoms with Crippen molar-refractivity contribution in [3.63, 3.8) is 0 Å². The van der Waals surface area contributed by atoms with Gasteiger partial charge in [0.1, 0.15) is 5.69 Å². The van der Waals surface area contributed by atoms with Gasteiger partial charge in [-0.25, -0.2) is 0 Å². The number of aromatic nitrogens is 2. The molecule has 3 heteroatoms. The van der Waals surface area contributed by atoms with Crippen LogP contribution in [0.2, 0.25) is 0 Å². The Balaban J connectivity index is 2.21. The number of hydrogen-bond donors (Lipinski definition) is 1. The highest BCUT2D eigenvalue weighted by molar-refractivity contribution is 5.95. The summed E-state index contributed by atoms with van der Waals surface area (Å²) in [6.07, 6.45) is 0. The fourth-order valence-electron chi connectivity index (χ4n) is 2.25. The van der Waals surface area contributed by atoms with Gasteiger partial charge in [-0.05, 0) is 12.5 Å². The van der Waals surface area contributed by atoms with E-state index in [1.165, 1.54) is 0 Å². The zero-order chi connectivity index (χ0) is 13.2. The molecule has 1 aromatic heterocycles. The van der Waals surface area contributed by atoms with Crippen LogP contribution in [-0.4, -0.2) is 10.2 Å². The van der Waals surface area contributed by atoms with E-state index in [2.05, 4.69) is 22.3 Å². The molecule has 0 spiro atoms. The molecule has 94 valence electrons. The van der Waals surface area contributed by atoms with Gasteiger partial charge in [-0.2, -0.15) is 5.10 Å². The van der Waals surface area contributed by atoms with Gasteiger partial charge in [0.05, 0.1) is 5.69 Å². The number of rotatable bonds is 2. The van der Waals surface area contributed by atoms with E-state index in [0.29, 0.717) is 6.54 Å². The predicted molar refractivity (Wildman–Crippen MR) is 77.6 cm³/mol. The van der Waals surface area contributed by atoms with Crippen LogP contribution >= 0.6 is 0 Å². The maximum absolute atomic E-state index is 5.62. The first-order valence-corrected chi connectivity index (χ1v) is 6.31. The van der Waals surface area contributed by atoms with Crippen molar-refractivity contribution in [2.45, 2.75) is 13.5 Å². The summed E-state index contributed by atoms with van der Waals surface area (Å²) in [5, 5.41) is 10.9. The molecule has 3 nitrogen and oxygen atoms in total. The van der Waals surface area contributed by atoms with E-state index in [4.69, 9.17) is 5.73 Å². The van der Waals surface area contributed by atoms with Gasteiger partial charge < -0.3 is 5.73 Å². The topological polar surface area (TPSA) is 51.8 Å². The molecular weight excluding hydrogens is 234 g/mol. The van der Waals surface area contributed by atoms with Gasteiger partial charge >= 0.3 is 0 Å². The van der Waals surface area contributed by atoms with Gasteiger partial charge in [-0.15, -0.1) is 5.10 Å². The molecular formula is C16H15N3. The highest BCUT2D eigenvalue weighted by Gasteiger charge is 2.08. The van der Waals surface area contributed by atoms with E-state index in [1.807, 2.05) is 43.3 Å². The number of benzene rings is 2. The SMILES string of the molecule is Cc1nnc(-c2ccc(CN)cc2)c2ccccc12. The normalized spacial score (nSPS) is 10.8. The largest absolute Gasteiger partial charge is 0.326 e. The molecule has 1 heterocycles. The van der Waals surface area contributed by atoms with E-state index in [1.54, 1.807) is 0 Å². The smallest absolute Gasteiger partial charge is 0.101 e. The molecule has 2 aromatic carbocycles. The van der Waals surface area contributed by atoms with Crippen molar-refractivity contribution < 1.29 is 0 Å². The second-order valence-corrected chi connectivity index (χ2v) is 4.58. The molecule has 0 bridgehead atoms. The van der Waals surface area contributed by atoms with Gasteiger partial charge in [0.2, 0.25) is 0 Å². The summed E-state index contributed by atoms with van der Waals surface area (Å²) in [6.45, 7) is 2.54. The molecule has 0 unspecified atom stereocenters. The van der Waals surface area contributed by atoms with Gasteiger partial charge in [0, 0.05) is 22.9 Å². The van der Waals surface area contributed by atoms with Gasteiger partial charge in [0.15, 0.2) is 0 Å². The Morgan fingerprint density at radius 1 is 0.895 bits per heavy atom. The summed E-state index contributed by atoms with van der Waals surface area (Å²) in [4.78, 5) is 0. The van der Waals surface area contributed by atoms with Crippen LogP contribution in [0.25, 0.3) is 22.0 Å². The molecule has 0 radical (unpaired) electrons. The lowest BCUT2D eigenvalue weighted by molar-refractivity contribution is 1.01. The molecule has 0 amide bonds. The van der Waals surface area contributed by atoms with Gasteiger partial charge in [-0.1, -0.05) is 48.5 Å². The maximum Gasteiger partial charge on any atom is 0.101 e. The maximum atomic E-state index is 5.62. The van der Waals surface area contributed by atoms with Crippen LogP contribution in [0.1, 0.15) is 11.3 Å². The fourth-order valence-corrected chi connectivity index (χ4v) is 2.25. The van der Waals surface area contributed by atoms with E-state index in [9.17, 15) is 0 Å². The average molecular weight is 249 g/mol. The Hall–Kier alpha value is -2.26. The Labute approximate surface area is 112 Å². The minimum Gasteiger partial charge on any atom is -0.326 e. The molecule has 2 N–H and O–H groups in total. The average Bonchev–Trinajstić information content (AvgIpc) is 2.48. The molecule has 0 saturated heterocycles. The van der Waals surface area contributed by atoms with E-state index >= 15 is 0 Å². The Morgan fingerprint density at radius 3 is 2.26 bits per heavy atom. The van der Waals surface area contributed by atoms with Crippen molar-refractivity contribution in [1.29, 1.82) is 0 Å². The molecule has 0 atom stereocenters. The zero-order valence-corrected chi connectivity index (χ0v) is 10.8. The summed E-state index contributed by atoms with van der Waals surface area (Å²) >= 11 is 0. The molecule has 0 fully saturated rings. The van der Waals surface area contributed by atoms with E-state index in [0.717, 1.165) is 33.3 Å². The van der Waals surface area contributed by atoms with Crippen LogP contribution in [0.4, 0.5) is 0 Å². The highest BCUT2D eigenvalue weighted by atomic mass is 15.1. The Morgan fingerprint density at radius 2 is 1.58 bits per heavy atom. The summed E-state index contributed by atoms with van der Waals surface area (Å²) in [6, 6.07) is 16.4. The monoisotopic (exact) mass is 249 g/mol. The van der Waals surface area contributed by atoms with E-state index in [-0.39, 0.29) is 0 Å². The summed E-state index contributed by atoms with van der Waals surface area (Å²) in [5.41, 5.74) is 9.69. The first kappa shape index (κ1) is 11.8. The summed E-state index contributed by atoms with van der Waals surface area (Å²) < 4.78 is 0. The molecule has 0 aliphatic heterocycles. The Bertz CT molecular complexity index is 718. The van der Waals surface area contributed by atoms with Crippen LogP contribution in [-0.2, 0) is 6.54 Å². The zero-order valence-electron chi connectivity index (χ0n) is 10.8. The molecule has 0 saturated carbocycles. The number of aryl methyl sites for hydroxylation is 1. The lowest BCUT2D eigenvalue weighted by Gasteiger charge is -2.07. The van der Waals surface area contributed by atoms with E-state index < -0.39 is 0 Å². The molecule has 3 aromatic rings. The van der Waals surface area contributed by atoms with Crippen LogP contribution in [0, 0.1) is 6.92 Å². The third kappa shape index (κ3) is 2.09. The van der Waals surface area contributed by atoms with Crippen molar-refractivity contribution in [3.8, 4) is 11.3 Å². The van der Waals surface area contributed by atoms with Gasteiger partial charge in [0.25, 0.3) is 0 Å². The lowest BCUT2D eigenvalue weighted by atomic mass is 10.0. The molecule has 19 heavy (non-hydrogen) atoms. The van der Waals surface area contributed by atoms with Crippen LogP contribution in [0.15, 0.2) is 48.5 Å². The second-order valence-electron chi connectivity index (χ2n) is 4.58. The minimum absolute atomic E-state index is 0.556. The number of hydrogen-bond acceptors (Lipinski definition) is 3. The molecule has 0 aliphatic rings. The predicted octanol–water partition coefficient (Wildman–Crippen LogP) is 3.06. The van der Waals surface area contributed by atoms with Crippen LogP contribution < -0.4 is 5.73 Å². The van der Waals surface area contributed by atoms with Crippen molar-refractivity contribution in [3.05, 3.63) is 59.8 Å². The lowest BCUT2D eigenvalue weighted by Crippen LogP contribution is -1.97. The number of nitrogens with zero attached hydrogens (tertiary/aromatic N) is 2.